The van der Waals surface area contributed by atoms with Crippen LogP contribution in [0.3, 0.4) is 0 Å². The molecular formula is C25H31N5O4. The number of piperidine rings is 1. The van der Waals surface area contributed by atoms with Crippen LogP contribution in [-0.2, 0) is 13.1 Å². The summed E-state index contributed by atoms with van der Waals surface area (Å²) in [5.74, 6) is 2.72. The second kappa shape index (κ2) is 10.4. The van der Waals surface area contributed by atoms with E-state index in [1.165, 1.54) is 6.42 Å². The number of fused-ring (bicyclic) bond motifs is 2. The number of rotatable bonds is 8. The van der Waals surface area contributed by atoms with Crippen molar-refractivity contribution in [3.63, 3.8) is 0 Å². The molecule has 0 aromatic carbocycles. The summed E-state index contributed by atoms with van der Waals surface area (Å²) in [5, 5.41) is 3.56. The van der Waals surface area contributed by atoms with Gasteiger partial charge in [-0.2, -0.15) is 0 Å². The van der Waals surface area contributed by atoms with Crippen LogP contribution in [0.25, 0.3) is 11.0 Å². The largest absolute Gasteiger partial charge is 0.495 e. The fraction of sp³-hybridized carbons (Fsp3) is 0.480. The standard InChI is InChI=1S/C25H31N5O4/c1-32-20-12-22-21(28-15-20)4-5-25(31)30(22)8-7-29-6-2-3-18(17-29)13-26-14-19-11-23-24(16-27-19)34-10-9-33-23/h4-5,11-12,15-16,18,26H,2-3,6-10,13-14,17H2,1H3. The van der Waals surface area contributed by atoms with Crippen molar-refractivity contribution >= 4 is 11.0 Å². The maximum atomic E-state index is 12.6. The molecule has 0 aliphatic carbocycles. The van der Waals surface area contributed by atoms with Gasteiger partial charge in [-0.1, -0.05) is 0 Å². The lowest BCUT2D eigenvalue weighted by atomic mass is 9.98. The van der Waals surface area contributed by atoms with Gasteiger partial charge in [-0.05, 0) is 37.9 Å². The summed E-state index contributed by atoms with van der Waals surface area (Å²) in [4.78, 5) is 23.9. The molecule has 3 aromatic heterocycles. The molecule has 3 aromatic rings. The molecule has 0 bridgehead atoms. The van der Waals surface area contributed by atoms with Crippen LogP contribution in [0.5, 0.6) is 17.2 Å². The Hall–Kier alpha value is -3.17. The van der Waals surface area contributed by atoms with Gasteiger partial charge < -0.3 is 29.0 Å². The third-order valence-electron chi connectivity index (χ3n) is 6.52. The topological polar surface area (TPSA) is 90.7 Å². The molecule has 0 spiro atoms. The third kappa shape index (κ3) is 5.15. The van der Waals surface area contributed by atoms with Gasteiger partial charge in [0.05, 0.1) is 36.2 Å². The highest BCUT2D eigenvalue weighted by Gasteiger charge is 2.20. The normalized spacial score (nSPS) is 18.2. The molecule has 0 saturated carbocycles. The Labute approximate surface area is 198 Å². The van der Waals surface area contributed by atoms with Crippen LogP contribution in [0.1, 0.15) is 18.5 Å². The van der Waals surface area contributed by atoms with E-state index < -0.39 is 0 Å². The van der Waals surface area contributed by atoms with Crippen LogP contribution in [0, 0.1) is 5.92 Å². The van der Waals surface area contributed by atoms with Gasteiger partial charge in [-0.25, -0.2) is 0 Å². The highest BCUT2D eigenvalue weighted by atomic mass is 16.6. The maximum absolute atomic E-state index is 12.6. The number of nitrogens with zero attached hydrogens (tertiary/aromatic N) is 4. The highest BCUT2D eigenvalue weighted by molar-refractivity contribution is 5.75. The SMILES string of the molecule is COc1cnc2ccc(=O)n(CCN3CCCC(CNCc4cc5c(cn4)OCCO5)C3)c2c1. The predicted molar refractivity (Wildman–Crippen MR) is 129 cm³/mol. The second-order valence-electron chi connectivity index (χ2n) is 8.86. The minimum Gasteiger partial charge on any atom is -0.495 e. The van der Waals surface area contributed by atoms with Gasteiger partial charge in [0.25, 0.3) is 5.56 Å². The Bertz CT molecular complexity index is 1200. The minimum atomic E-state index is -0.00953. The molecule has 5 rings (SSSR count). The Kier molecular flexibility index (Phi) is 6.92. The van der Waals surface area contributed by atoms with Gasteiger partial charge in [0, 0.05) is 44.4 Å². The van der Waals surface area contributed by atoms with Crippen molar-refractivity contribution in [1.82, 2.24) is 24.8 Å². The van der Waals surface area contributed by atoms with Crippen LogP contribution in [-0.4, -0.2) is 65.9 Å². The molecule has 9 nitrogen and oxygen atoms in total. The fourth-order valence-electron chi connectivity index (χ4n) is 4.74. The molecule has 0 radical (unpaired) electrons. The summed E-state index contributed by atoms with van der Waals surface area (Å²) in [5.41, 5.74) is 2.56. The van der Waals surface area contributed by atoms with Crippen molar-refractivity contribution in [2.75, 3.05) is 46.5 Å². The Morgan fingerprint density at radius 3 is 2.88 bits per heavy atom. The van der Waals surface area contributed by atoms with Crippen LogP contribution >= 0.6 is 0 Å². The van der Waals surface area contributed by atoms with Gasteiger partial charge in [-0.15, -0.1) is 0 Å². The van der Waals surface area contributed by atoms with E-state index in [9.17, 15) is 4.79 Å². The van der Waals surface area contributed by atoms with Crippen molar-refractivity contribution in [2.24, 2.45) is 5.92 Å². The Morgan fingerprint density at radius 1 is 1.12 bits per heavy atom. The second-order valence-corrected chi connectivity index (χ2v) is 8.86. The van der Waals surface area contributed by atoms with Crippen molar-refractivity contribution < 1.29 is 14.2 Å². The smallest absolute Gasteiger partial charge is 0.251 e. The van der Waals surface area contributed by atoms with Crippen LogP contribution in [0.4, 0.5) is 0 Å². The van der Waals surface area contributed by atoms with E-state index >= 15 is 0 Å². The number of methoxy groups -OCH3 is 1. The van der Waals surface area contributed by atoms with Gasteiger partial charge >= 0.3 is 0 Å². The molecule has 2 aliphatic rings. The molecule has 2 aliphatic heterocycles. The number of likely N-dealkylation sites (tertiary alicyclic amines) is 1. The van der Waals surface area contributed by atoms with Gasteiger partial charge in [-0.3, -0.25) is 14.8 Å². The third-order valence-corrected chi connectivity index (χ3v) is 6.52. The van der Waals surface area contributed by atoms with E-state index in [2.05, 4.69) is 20.2 Å². The van der Waals surface area contributed by atoms with Crippen LogP contribution in [0.2, 0.25) is 0 Å². The molecule has 1 atom stereocenters. The lowest BCUT2D eigenvalue weighted by molar-refractivity contribution is 0.166. The summed E-state index contributed by atoms with van der Waals surface area (Å²) in [7, 11) is 1.61. The minimum absolute atomic E-state index is 0.00953. The first-order valence-electron chi connectivity index (χ1n) is 11.9. The summed E-state index contributed by atoms with van der Waals surface area (Å²) in [6.45, 7) is 6.32. The van der Waals surface area contributed by atoms with Gasteiger partial charge in [0.1, 0.15) is 19.0 Å². The summed E-state index contributed by atoms with van der Waals surface area (Å²) < 4.78 is 18.3. The van der Waals surface area contributed by atoms with Crippen LogP contribution in [0.15, 0.2) is 41.5 Å². The first-order chi connectivity index (χ1) is 16.7. The fourth-order valence-corrected chi connectivity index (χ4v) is 4.74. The lowest BCUT2D eigenvalue weighted by Gasteiger charge is -2.33. The van der Waals surface area contributed by atoms with Crippen molar-refractivity contribution in [1.29, 1.82) is 0 Å². The molecule has 1 N–H and O–H groups in total. The first-order valence-corrected chi connectivity index (χ1v) is 11.9. The quantitative estimate of drug-likeness (QED) is 0.541. The monoisotopic (exact) mass is 465 g/mol. The number of ether oxygens (including phenoxy) is 3. The van der Waals surface area contributed by atoms with E-state index in [0.29, 0.717) is 38.0 Å². The number of pyridine rings is 3. The van der Waals surface area contributed by atoms with E-state index in [1.54, 1.807) is 36.2 Å². The van der Waals surface area contributed by atoms with E-state index in [0.717, 1.165) is 60.8 Å². The number of aromatic nitrogens is 3. The average Bonchev–Trinajstić information content (AvgIpc) is 2.88. The van der Waals surface area contributed by atoms with Crippen LogP contribution < -0.4 is 25.1 Å². The number of nitrogens with one attached hydrogen (secondary N) is 1. The zero-order valence-electron chi connectivity index (χ0n) is 19.5. The summed E-state index contributed by atoms with van der Waals surface area (Å²) in [6.07, 6.45) is 5.79. The van der Waals surface area contributed by atoms with Gasteiger partial charge in [0.15, 0.2) is 11.5 Å². The van der Waals surface area contributed by atoms with E-state index in [-0.39, 0.29) is 5.56 Å². The summed E-state index contributed by atoms with van der Waals surface area (Å²) >= 11 is 0. The lowest BCUT2D eigenvalue weighted by Crippen LogP contribution is -2.41. The number of hydrogen-bond acceptors (Lipinski definition) is 8. The zero-order chi connectivity index (χ0) is 23.3. The summed E-state index contributed by atoms with van der Waals surface area (Å²) in [6, 6.07) is 7.21. The van der Waals surface area contributed by atoms with Crippen molar-refractivity contribution in [3.05, 3.63) is 52.7 Å². The molecule has 34 heavy (non-hydrogen) atoms. The molecule has 1 unspecified atom stereocenters. The molecular weight excluding hydrogens is 434 g/mol. The molecule has 1 fully saturated rings. The molecule has 0 amide bonds. The highest BCUT2D eigenvalue weighted by Crippen LogP contribution is 2.29. The maximum Gasteiger partial charge on any atom is 0.251 e. The predicted octanol–water partition coefficient (Wildman–Crippen LogP) is 2.07. The molecule has 9 heteroatoms. The van der Waals surface area contributed by atoms with Gasteiger partial charge in [0.2, 0.25) is 0 Å². The van der Waals surface area contributed by atoms with E-state index in [1.807, 2.05) is 12.1 Å². The zero-order valence-corrected chi connectivity index (χ0v) is 19.5. The van der Waals surface area contributed by atoms with E-state index in [4.69, 9.17) is 14.2 Å². The van der Waals surface area contributed by atoms with Crippen molar-refractivity contribution in [3.8, 4) is 17.2 Å². The molecule has 180 valence electrons. The van der Waals surface area contributed by atoms with Crippen molar-refractivity contribution in [2.45, 2.75) is 25.9 Å². The number of hydrogen-bond donors (Lipinski definition) is 1. The molecule has 1 saturated heterocycles. The Balaban J connectivity index is 1.15. The average molecular weight is 466 g/mol. The molecule has 5 heterocycles. The Morgan fingerprint density at radius 2 is 2.00 bits per heavy atom. The first kappa shape index (κ1) is 22.6.